The zero-order valence-electron chi connectivity index (χ0n) is 7.02. The third-order valence-electron chi connectivity index (χ3n) is 1.43. The number of hydrogen-bond donors (Lipinski definition) is 1. The highest BCUT2D eigenvalue weighted by molar-refractivity contribution is 5.69. The summed E-state index contributed by atoms with van der Waals surface area (Å²) in [6.45, 7) is 9.85. The van der Waals surface area contributed by atoms with E-state index in [1.54, 1.807) is 12.3 Å². The lowest BCUT2D eigenvalue weighted by atomic mass is 10.0. The molecule has 0 aromatic heterocycles. The van der Waals surface area contributed by atoms with Crippen LogP contribution in [0.2, 0.25) is 0 Å². The number of rotatable bonds is 4. The van der Waals surface area contributed by atoms with Gasteiger partial charge < -0.3 is 5.43 Å². The molecule has 0 aromatic rings. The van der Waals surface area contributed by atoms with Gasteiger partial charge in [0.05, 0.1) is 0 Å². The van der Waals surface area contributed by atoms with Crippen molar-refractivity contribution in [1.82, 2.24) is 5.43 Å². The first-order valence-electron chi connectivity index (χ1n) is 3.53. The Hall–Kier alpha value is -0.790. The Labute approximate surface area is 63.0 Å². The van der Waals surface area contributed by atoms with E-state index in [1.807, 2.05) is 0 Å². The molecule has 10 heavy (non-hydrogen) atoms. The molecule has 0 amide bonds. The summed E-state index contributed by atoms with van der Waals surface area (Å²) in [6, 6.07) is 0. The van der Waals surface area contributed by atoms with Crippen LogP contribution in [0.4, 0.5) is 0 Å². The van der Waals surface area contributed by atoms with E-state index in [4.69, 9.17) is 0 Å². The van der Waals surface area contributed by atoms with Crippen LogP contribution in [0.25, 0.3) is 0 Å². The molecule has 0 atom stereocenters. The maximum absolute atomic E-state index is 3.94. The lowest BCUT2D eigenvalue weighted by molar-refractivity contribution is 0.389. The third kappa shape index (κ3) is 4.13. The molecule has 1 N–H and O–H groups in total. The van der Waals surface area contributed by atoms with E-state index in [-0.39, 0.29) is 5.54 Å². The van der Waals surface area contributed by atoms with Crippen molar-refractivity contribution in [2.75, 3.05) is 0 Å². The molecule has 0 rings (SSSR count). The molecule has 0 heterocycles. The molecule has 0 saturated heterocycles. The summed E-state index contributed by atoms with van der Waals surface area (Å²) in [6.07, 6.45) is 4.36. The predicted octanol–water partition coefficient (Wildman–Crippen LogP) is 1.94. The van der Waals surface area contributed by atoms with Crippen molar-refractivity contribution in [3.05, 3.63) is 12.7 Å². The normalized spacial score (nSPS) is 11.9. The molecule has 0 bridgehead atoms. The number of nitrogens with one attached hydrogen (secondary N) is 1. The minimum atomic E-state index is 0.0967. The fraction of sp³-hybridized carbons (Fsp3) is 0.625. The molecule has 58 valence electrons. The molecule has 2 nitrogen and oxygen atoms in total. The van der Waals surface area contributed by atoms with Gasteiger partial charge in [-0.2, -0.15) is 5.10 Å². The lowest BCUT2D eigenvalue weighted by Gasteiger charge is -2.21. The molecule has 0 aliphatic rings. The van der Waals surface area contributed by atoms with Crippen molar-refractivity contribution in [1.29, 1.82) is 0 Å². The maximum Gasteiger partial charge on any atom is 0.0490 e. The summed E-state index contributed by atoms with van der Waals surface area (Å²) in [5.74, 6) is 0. The van der Waals surface area contributed by atoms with Gasteiger partial charge in [-0.05, 0) is 26.3 Å². The first-order valence-corrected chi connectivity index (χ1v) is 3.53. The van der Waals surface area contributed by atoms with E-state index in [0.29, 0.717) is 0 Å². The SMILES string of the molecule is C=CC=NNC(C)(C)CC. The van der Waals surface area contributed by atoms with Crippen molar-refractivity contribution in [2.45, 2.75) is 32.7 Å². The maximum atomic E-state index is 3.94. The van der Waals surface area contributed by atoms with E-state index >= 15 is 0 Å². The fourth-order valence-electron chi connectivity index (χ4n) is 0.344. The minimum absolute atomic E-state index is 0.0967. The Morgan fingerprint density at radius 3 is 2.60 bits per heavy atom. The van der Waals surface area contributed by atoms with Crippen molar-refractivity contribution >= 4 is 6.21 Å². The molecule has 0 radical (unpaired) electrons. The monoisotopic (exact) mass is 140 g/mol. The van der Waals surface area contributed by atoms with Crippen LogP contribution in [-0.4, -0.2) is 11.8 Å². The average molecular weight is 140 g/mol. The second-order valence-corrected chi connectivity index (χ2v) is 2.86. The van der Waals surface area contributed by atoms with Crippen LogP contribution in [0, 0.1) is 0 Å². The second kappa shape index (κ2) is 4.09. The van der Waals surface area contributed by atoms with Crippen LogP contribution < -0.4 is 5.43 Å². The Morgan fingerprint density at radius 2 is 2.20 bits per heavy atom. The van der Waals surface area contributed by atoms with Crippen LogP contribution in [0.15, 0.2) is 17.8 Å². The highest BCUT2D eigenvalue weighted by Crippen LogP contribution is 2.05. The van der Waals surface area contributed by atoms with Gasteiger partial charge in [-0.25, -0.2) is 0 Å². The molecular weight excluding hydrogens is 124 g/mol. The van der Waals surface area contributed by atoms with Crippen molar-refractivity contribution < 1.29 is 0 Å². The Bertz CT molecular complexity index is 125. The van der Waals surface area contributed by atoms with E-state index in [1.165, 1.54) is 0 Å². The quantitative estimate of drug-likeness (QED) is 0.468. The first-order chi connectivity index (χ1) is 4.62. The first kappa shape index (κ1) is 9.21. The Morgan fingerprint density at radius 1 is 1.60 bits per heavy atom. The Kier molecular flexibility index (Phi) is 3.77. The van der Waals surface area contributed by atoms with E-state index in [2.05, 4.69) is 37.9 Å². The van der Waals surface area contributed by atoms with Gasteiger partial charge in [0.1, 0.15) is 0 Å². The number of hydrogen-bond acceptors (Lipinski definition) is 2. The highest BCUT2D eigenvalue weighted by Gasteiger charge is 2.11. The van der Waals surface area contributed by atoms with Crippen LogP contribution in [-0.2, 0) is 0 Å². The van der Waals surface area contributed by atoms with Gasteiger partial charge in [-0.15, -0.1) is 0 Å². The standard InChI is InChI=1S/C8H16N2/c1-5-7-9-10-8(3,4)6-2/h5,7,10H,1,6H2,2-4H3. The number of hydrazone groups is 1. The van der Waals surface area contributed by atoms with E-state index < -0.39 is 0 Å². The summed E-state index contributed by atoms with van der Waals surface area (Å²) in [5, 5.41) is 3.94. The van der Waals surface area contributed by atoms with Gasteiger partial charge >= 0.3 is 0 Å². The van der Waals surface area contributed by atoms with Gasteiger partial charge in [0.2, 0.25) is 0 Å². The van der Waals surface area contributed by atoms with Crippen LogP contribution in [0.5, 0.6) is 0 Å². The summed E-state index contributed by atoms with van der Waals surface area (Å²) in [4.78, 5) is 0. The Balaban J connectivity index is 3.66. The van der Waals surface area contributed by atoms with Crippen molar-refractivity contribution in [3.8, 4) is 0 Å². The van der Waals surface area contributed by atoms with Crippen molar-refractivity contribution in [2.24, 2.45) is 5.10 Å². The van der Waals surface area contributed by atoms with Crippen LogP contribution in [0.1, 0.15) is 27.2 Å². The van der Waals surface area contributed by atoms with Gasteiger partial charge in [-0.3, -0.25) is 0 Å². The van der Waals surface area contributed by atoms with Crippen molar-refractivity contribution in [3.63, 3.8) is 0 Å². The van der Waals surface area contributed by atoms with Crippen LogP contribution >= 0.6 is 0 Å². The molecule has 2 heteroatoms. The zero-order valence-corrected chi connectivity index (χ0v) is 7.02. The third-order valence-corrected chi connectivity index (χ3v) is 1.43. The predicted molar refractivity (Wildman–Crippen MR) is 46.2 cm³/mol. The molecule has 0 spiro atoms. The van der Waals surface area contributed by atoms with E-state index in [0.717, 1.165) is 6.42 Å². The summed E-state index contributed by atoms with van der Waals surface area (Å²) < 4.78 is 0. The van der Waals surface area contributed by atoms with E-state index in [9.17, 15) is 0 Å². The molecule has 0 fully saturated rings. The highest BCUT2D eigenvalue weighted by atomic mass is 15.3. The number of nitrogens with zero attached hydrogens (tertiary/aromatic N) is 1. The zero-order chi connectivity index (χ0) is 8.04. The summed E-state index contributed by atoms with van der Waals surface area (Å²) >= 11 is 0. The average Bonchev–Trinajstić information content (AvgIpc) is 1.89. The lowest BCUT2D eigenvalue weighted by Crippen LogP contribution is -2.34. The molecule has 0 aliphatic heterocycles. The van der Waals surface area contributed by atoms with Crippen LogP contribution in [0.3, 0.4) is 0 Å². The largest absolute Gasteiger partial charge is 0.305 e. The molecule has 0 saturated carbocycles. The van der Waals surface area contributed by atoms with Gasteiger partial charge in [-0.1, -0.05) is 13.5 Å². The van der Waals surface area contributed by atoms with Gasteiger partial charge in [0.15, 0.2) is 0 Å². The second-order valence-electron chi connectivity index (χ2n) is 2.86. The minimum Gasteiger partial charge on any atom is -0.305 e. The smallest absolute Gasteiger partial charge is 0.0490 e. The molecule has 0 unspecified atom stereocenters. The van der Waals surface area contributed by atoms with Gasteiger partial charge in [0, 0.05) is 11.8 Å². The fourth-order valence-corrected chi connectivity index (χ4v) is 0.344. The number of allylic oxidation sites excluding steroid dienone is 1. The topological polar surface area (TPSA) is 24.4 Å². The molecule has 0 aliphatic carbocycles. The molecular formula is C8H16N2. The van der Waals surface area contributed by atoms with Gasteiger partial charge in [0.25, 0.3) is 0 Å². The summed E-state index contributed by atoms with van der Waals surface area (Å²) in [5.41, 5.74) is 3.10. The summed E-state index contributed by atoms with van der Waals surface area (Å²) in [7, 11) is 0. The molecule has 0 aromatic carbocycles.